The molecule has 238 valence electrons. The highest BCUT2D eigenvalue weighted by atomic mass is 32.2. The van der Waals surface area contributed by atoms with E-state index in [2.05, 4.69) is 20.9 Å². The fourth-order valence-corrected chi connectivity index (χ4v) is 5.49. The van der Waals surface area contributed by atoms with Crippen molar-refractivity contribution in [2.45, 2.75) is 18.2 Å². The average molecular weight is 661 g/mol. The van der Waals surface area contributed by atoms with Crippen LogP contribution in [0.15, 0.2) is 88.8 Å². The summed E-state index contributed by atoms with van der Waals surface area (Å²) in [5.74, 6) is -0.640. The van der Waals surface area contributed by atoms with E-state index in [0.717, 1.165) is 4.90 Å². The van der Waals surface area contributed by atoms with Gasteiger partial charge in [-0.1, -0.05) is 30.3 Å². The number of nitrogens with zero attached hydrogens (tertiary/aromatic N) is 1. The number of hydrogen-bond acceptors (Lipinski definition) is 10. The van der Waals surface area contributed by atoms with Gasteiger partial charge in [0.15, 0.2) is 16.6 Å². The fourth-order valence-electron chi connectivity index (χ4n) is 4.07. The predicted molar refractivity (Wildman–Crippen MR) is 178 cm³/mol. The number of aromatic nitrogens is 1. The summed E-state index contributed by atoms with van der Waals surface area (Å²) in [6, 6.07) is 20.7. The van der Waals surface area contributed by atoms with E-state index in [0.29, 0.717) is 45.7 Å². The van der Waals surface area contributed by atoms with Crippen LogP contribution in [0, 0.1) is 0 Å². The van der Waals surface area contributed by atoms with Gasteiger partial charge in [-0.3, -0.25) is 19.2 Å². The predicted octanol–water partition coefficient (Wildman–Crippen LogP) is 5.41. The molecule has 0 unspecified atom stereocenters. The molecule has 13 heteroatoms. The fraction of sp³-hybridized carbons (Fsp3) is 0.182. The van der Waals surface area contributed by atoms with Crippen LogP contribution < -0.4 is 25.4 Å². The maximum Gasteiger partial charge on any atom is 0.311 e. The molecule has 0 saturated carbocycles. The molecule has 3 amide bonds. The lowest BCUT2D eigenvalue weighted by atomic mass is 10.1. The van der Waals surface area contributed by atoms with Crippen molar-refractivity contribution in [2.75, 3.05) is 37.2 Å². The van der Waals surface area contributed by atoms with Crippen LogP contribution in [0.2, 0.25) is 0 Å². The highest BCUT2D eigenvalue weighted by Gasteiger charge is 2.18. The first-order valence-electron chi connectivity index (χ1n) is 14.0. The molecule has 4 rings (SSSR count). The molecule has 4 aromatic rings. The minimum absolute atomic E-state index is 0.0110. The summed E-state index contributed by atoms with van der Waals surface area (Å²) in [5, 5.41) is 10.4. The Hall–Kier alpha value is -5.14. The van der Waals surface area contributed by atoms with Crippen molar-refractivity contribution in [3.8, 4) is 11.5 Å². The topological polar surface area (TPSA) is 145 Å². The van der Waals surface area contributed by atoms with Gasteiger partial charge in [0.2, 0.25) is 5.91 Å². The molecule has 0 atom stereocenters. The Labute approximate surface area is 274 Å². The molecule has 0 aliphatic rings. The minimum Gasteiger partial charge on any atom is -0.493 e. The number of hydrogen-bond donors (Lipinski definition) is 3. The number of esters is 1. The standard InChI is InChI=1S/C33H32N4O7S2/c1-4-44-29(39)18-24-19-46-33(35-24)37-28(38)20-45-25-15-13-23(14-16-25)34-32(41)26(36-31(40)21-9-6-5-7-10-21)17-22-11-8-12-27(42-2)30(22)43-3/h5-17,19H,4,18,20H2,1-3H3,(H,34,41)(H,36,40)(H,35,37,38)/b26-17-. The van der Waals surface area contributed by atoms with Crippen LogP contribution in [0.25, 0.3) is 6.08 Å². The maximum absolute atomic E-state index is 13.4. The molecular formula is C33H32N4O7S2. The Morgan fingerprint density at radius 2 is 1.67 bits per heavy atom. The highest BCUT2D eigenvalue weighted by molar-refractivity contribution is 8.00. The first kappa shape index (κ1) is 33.7. The van der Waals surface area contributed by atoms with Gasteiger partial charge in [0.1, 0.15) is 5.70 Å². The summed E-state index contributed by atoms with van der Waals surface area (Å²) in [6.07, 6.45) is 1.56. The van der Waals surface area contributed by atoms with Gasteiger partial charge < -0.3 is 30.2 Å². The Bertz CT molecular complexity index is 1710. The van der Waals surface area contributed by atoms with Gasteiger partial charge in [0, 0.05) is 27.1 Å². The summed E-state index contributed by atoms with van der Waals surface area (Å²) >= 11 is 2.54. The second kappa shape index (κ2) is 16.8. The van der Waals surface area contributed by atoms with E-state index in [1.54, 1.807) is 85.1 Å². The molecule has 0 aliphatic carbocycles. The molecule has 0 spiro atoms. The minimum atomic E-state index is -0.556. The summed E-state index contributed by atoms with van der Waals surface area (Å²) in [5.41, 5.74) is 1.91. The molecule has 46 heavy (non-hydrogen) atoms. The van der Waals surface area contributed by atoms with Crippen LogP contribution in [0.5, 0.6) is 11.5 Å². The number of carbonyl (C=O) groups excluding carboxylic acids is 4. The Morgan fingerprint density at radius 1 is 0.913 bits per heavy atom. The first-order valence-corrected chi connectivity index (χ1v) is 15.9. The van der Waals surface area contributed by atoms with Crippen LogP contribution in [0.4, 0.5) is 10.8 Å². The van der Waals surface area contributed by atoms with Crippen molar-refractivity contribution in [2.24, 2.45) is 0 Å². The zero-order valence-electron chi connectivity index (χ0n) is 25.3. The number of anilines is 2. The smallest absolute Gasteiger partial charge is 0.311 e. The third-order valence-electron chi connectivity index (χ3n) is 6.17. The Morgan fingerprint density at radius 3 is 2.37 bits per heavy atom. The van der Waals surface area contributed by atoms with E-state index in [9.17, 15) is 19.2 Å². The normalized spacial score (nSPS) is 10.9. The number of carbonyl (C=O) groups is 4. The zero-order valence-corrected chi connectivity index (χ0v) is 27.0. The molecule has 3 N–H and O–H groups in total. The molecule has 1 heterocycles. The Balaban J connectivity index is 1.40. The lowest BCUT2D eigenvalue weighted by Gasteiger charge is -2.14. The number of ether oxygens (including phenoxy) is 3. The van der Waals surface area contributed by atoms with E-state index in [1.165, 1.54) is 43.4 Å². The summed E-state index contributed by atoms with van der Waals surface area (Å²) < 4.78 is 15.8. The number of amides is 3. The van der Waals surface area contributed by atoms with Gasteiger partial charge in [-0.2, -0.15) is 0 Å². The van der Waals surface area contributed by atoms with Gasteiger partial charge >= 0.3 is 5.97 Å². The maximum atomic E-state index is 13.4. The number of methoxy groups -OCH3 is 2. The van der Waals surface area contributed by atoms with E-state index >= 15 is 0 Å². The molecule has 3 aromatic carbocycles. The van der Waals surface area contributed by atoms with Crippen molar-refractivity contribution in [3.63, 3.8) is 0 Å². The molecule has 0 aliphatic heterocycles. The number of para-hydroxylation sites is 1. The summed E-state index contributed by atoms with van der Waals surface area (Å²) in [4.78, 5) is 55.6. The number of rotatable bonds is 14. The van der Waals surface area contributed by atoms with Gasteiger partial charge in [0.25, 0.3) is 11.8 Å². The van der Waals surface area contributed by atoms with Gasteiger partial charge in [-0.25, -0.2) is 4.98 Å². The monoisotopic (exact) mass is 660 g/mol. The number of thiazole rings is 1. The van der Waals surface area contributed by atoms with Crippen LogP contribution in [0.1, 0.15) is 28.5 Å². The molecule has 0 radical (unpaired) electrons. The van der Waals surface area contributed by atoms with Gasteiger partial charge in [-0.05, 0) is 55.5 Å². The molecule has 11 nitrogen and oxygen atoms in total. The largest absolute Gasteiger partial charge is 0.493 e. The first-order chi connectivity index (χ1) is 22.3. The third kappa shape index (κ3) is 9.68. The molecule has 0 fully saturated rings. The van der Waals surface area contributed by atoms with Crippen molar-refractivity contribution in [1.82, 2.24) is 10.3 Å². The number of nitrogens with one attached hydrogen (secondary N) is 3. The van der Waals surface area contributed by atoms with Gasteiger partial charge in [0.05, 0.1) is 38.7 Å². The molecule has 1 aromatic heterocycles. The lowest BCUT2D eigenvalue weighted by Crippen LogP contribution is -2.30. The summed E-state index contributed by atoms with van der Waals surface area (Å²) in [7, 11) is 3.00. The quantitative estimate of drug-likeness (QED) is 0.0919. The van der Waals surface area contributed by atoms with Crippen molar-refractivity contribution in [1.29, 1.82) is 0 Å². The van der Waals surface area contributed by atoms with E-state index in [4.69, 9.17) is 14.2 Å². The van der Waals surface area contributed by atoms with Crippen molar-refractivity contribution >= 4 is 63.7 Å². The van der Waals surface area contributed by atoms with E-state index < -0.39 is 11.8 Å². The van der Waals surface area contributed by atoms with Crippen molar-refractivity contribution < 1.29 is 33.4 Å². The lowest BCUT2D eigenvalue weighted by molar-refractivity contribution is -0.142. The van der Waals surface area contributed by atoms with Crippen LogP contribution in [0.3, 0.4) is 0 Å². The second-order valence-corrected chi connectivity index (χ2v) is 11.3. The number of benzene rings is 3. The molecule has 0 saturated heterocycles. The van der Waals surface area contributed by atoms with E-state index in [-0.39, 0.29) is 29.7 Å². The SMILES string of the molecule is CCOC(=O)Cc1csc(NC(=O)CSc2ccc(NC(=O)/C(=C/c3cccc(OC)c3OC)NC(=O)c3ccccc3)cc2)n1. The average Bonchev–Trinajstić information content (AvgIpc) is 3.50. The molecular weight excluding hydrogens is 629 g/mol. The highest BCUT2D eigenvalue weighted by Crippen LogP contribution is 2.32. The molecule has 0 bridgehead atoms. The zero-order chi connectivity index (χ0) is 32.9. The van der Waals surface area contributed by atoms with Gasteiger partial charge in [-0.15, -0.1) is 23.1 Å². The second-order valence-electron chi connectivity index (χ2n) is 9.40. The van der Waals surface area contributed by atoms with Crippen LogP contribution in [-0.2, 0) is 25.5 Å². The van der Waals surface area contributed by atoms with Crippen LogP contribution >= 0.6 is 23.1 Å². The van der Waals surface area contributed by atoms with Crippen LogP contribution in [-0.4, -0.2) is 55.3 Å². The number of thioether (sulfide) groups is 1. The third-order valence-corrected chi connectivity index (χ3v) is 7.99. The van der Waals surface area contributed by atoms with E-state index in [1.807, 2.05) is 0 Å². The Kier molecular flexibility index (Phi) is 12.3. The summed E-state index contributed by atoms with van der Waals surface area (Å²) in [6.45, 7) is 2.03. The van der Waals surface area contributed by atoms with Crippen molar-refractivity contribution in [3.05, 3.63) is 101 Å².